The van der Waals surface area contributed by atoms with Gasteiger partial charge in [-0.15, -0.1) is 0 Å². The Kier molecular flexibility index (Phi) is 29.1. The lowest BCUT2D eigenvalue weighted by atomic mass is 9.79. The fourth-order valence-corrected chi connectivity index (χ4v) is 5.46. The Balaban J connectivity index is 0. The molecule has 0 spiro atoms. The molecular weight excluding hydrogens is 716 g/mol. The van der Waals surface area contributed by atoms with Crippen molar-refractivity contribution < 1.29 is 68.9 Å². The maximum atomic E-state index is 13.7. The third-order valence-electron chi connectivity index (χ3n) is 8.58. The zero-order valence-corrected chi connectivity index (χ0v) is 34.2. The van der Waals surface area contributed by atoms with Crippen molar-refractivity contribution in [3.05, 3.63) is 33.4 Å². The van der Waals surface area contributed by atoms with Gasteiger partial charge < -0.3 is 40.1 Å². The molecule has 1 rings (SSSR count). The number of aliphatic hydroxyl groups excluding tert-OH is 1. The minimum absolute atomic E-state index is 0.338. The molecule has 0 amide bonds. The lowest BCUT2D eigenvalue weighted by Gasteiger charge is -2.26. The third-order valence-corrected chi connectivity index (χ3v) is 8.58. The summed E-state index contributed by atoms with van der Waals surface area (Å²) >= 11 is 0. The van der Waals surface area contributed by atoms with Crippen LogP contribution in [-0.4, -0.2) is 91.4 Å². The smallest absolute Gasteiger partial charge is 0.339 e. The number of hydrogen-bond donors (Lipinski definition) is 6. The highest BCUT2D eigenvalue weighted by Crippen LogP contribution is 2.35. The van der Waals surface area contributed by atoms with E-state index in [1.807, 2.05) is 0 Å². The summed E-state index contributed by atoms with van der Waals surface area (Å²) in [4.78, 5) is 67.3. The predicted octanol–water partition coefficient (Wildman–Crippen LogP) is 7.17. The zero-order chi connectivity index (χ0) is 42.6. The van der Waals surface area contributed by atoms with Crippen LogP contribution in [0.15, 0.2) is 0 Å². The average molecular weight is 785 g/mol. The minimum atomic E-state index is -2.74. The number of unbranched alkanes of at least 4 members (excludes halogenated alkanes) is 6. The van der Waals surface area contributed by atoms with Gasteiger partial charge in [0, 0.05) is 0 Å². The van der Waals surface area contributed by atoms with Crippen LogP contribution in [0.25, 0.3) is 0 Å². The number of carbonyl (C=O) groups is 6. The van der Waals surface area contributed by atoms with Gasteiger partial charge in [0.15, 0.2) is 5.60 Å². The van der Waals surface area contributed by atoms with E-state index in [0.717, 1.165) is 114 Å². The van der Waals surface area contributed by atoms with Crippen LogP contribution in [0.3, 0.4) is 0 Å². The summed E-state index contributed by atoms with van der Waals surface area (Å²) in [5.74, 6) is -6.88. The Morgan fingerprint density at radius 1 is 0.527 bits per heavy atom. The summed E-state index contributed by atoms with van der Waals surface area (Å²) < 4.78 is 11.6. The van der Waals surface area contributed by atoms with E-state index in [2.05, 4.69) is 41.5 Å². The van der Waals surface area contributed by atoms with Crippen molar-refractivity contribution in [2.45, 2.75) is 176 Å². The van der Waals surface area contributed by atoms with Gasteiger partial charge in [-0.25, -0.2) is 19.2 Å². The fraction of sp³-hybridized carbons (Fsp3) is 0.707. The number of aliphatic hydroxyl groups is 2. The molecule has 0 heterocycles. The largest absolute Gasteiger partial charge is 0.481 e. The second kappa shape index (κ2) is 30.2. The Hall–Kier alpha value is -4.04. The van der Waals surface area contributed by atoms with Gasteiger partial charge in [0.2, 0.25) is 0 Å². The first kappa shape index (κ1) is 53.1. The molecule has 14 nitrogen and oxygen atoms in total. The standard InChI is InChI=1S/C32H54O4.C6H8O7.C3H6O3/c1-7-13-19-25-26(20-14-8-2)28(22-16-10-4)30(32(34)36-24-18-12-6)29(27(25)21-15-9-3)31(33)35-23-17-11-5;7-3(8)1-6(13,5(11)12)2-4(9)10;1-2(4)3(5)6/h7-24H2,1-6H3;13H,1-2H2,(H,7,8)(H,9,10)(H,11,12);2,4H,1H3,(H,5,6). The predicted molar refractivity (Wildman–Crippen MR) is 208 cm³/mol. The Labute approximate surface area is 326 Å². The van der Waals surface area contributed by atoms with E-state index < -0.39 is 48.4 Å². The van der Waals surface area contributed by atoms with Crippen LogP contribution in [0.5, 0.6) is 0 Å². The molecule has 14 heteroatoms. The number of carboxylic acid groups (broad SMARTS) is 4. The lowest BCUT2D eigenvalue weighted by Crippen LogP contribution is -2.42. The highest BCUT2D eigenvalue weighted by Gasteiger charge is 2.41. The number of benzene rings is 1. The number of hydrogen-bond acceptors (Lipinski definition) is 10. The molecule has 1 atom stereocenters. The van der Waals surface area contributed by atoms with Gasteiger partial charge in [-0.3, -0.25) is 9.59 Å². The van der Waals surface area contributed by atoms with E-state index in [4.69, 9.17) is 40.1 Å². The first-order chi connectivity index (χ1) is 25.9. The number of ether oxygens (including phenoxy) is 2. The molecule has 0 saturated carbocycles. The second-order valence-electron chi connectivity index (χ2n) is 13.5. The van der Waals surface area contributed by atoms with Gasteiger partial charge in [-0.05, 0) is 93.4 Å². The van der Waals surface area contributed by atoms with Crippen molar-refractivity contribution in [1.29, 1.82) is 0 Å². The van der Waals surface area contributed by atoms with Crippen LogP contribution in [0, 0.1) is 0 Å². The SMILES string of the molecule is CC(O)C(=O)O.CCCCOC(=O)c1c(CCCC)c(CCCC)c(CCCC)c(CCCC)c1C(=O)OCCCC.O=C(O)CC(O)(CC(=O)O)C(=O)O. The monoisotopic (exact) mass is 784 g/mol. The summed E-state index contributed by atoms with van der Waals surface area (Å²) in [6.07, 6.45) is 12.0. The minimum Gasteiger partial charge on any atom is -0.481 e. The van der Waals surface area contributed by atoms with Gasteiger partial charge in [-0.2, -0.15) is 0 Å². The molecule has 0 saturated heterocycles. The van der Waals surface area contributed by atoms with E-state index in [9.17, 15) is 28.8 Å². The van der Waals surface area contributed by atoms with E-state index >= 15 is 0 Å². The molecule has 0 aliphatic rings. The van der Waals surface area contributed by atoms with Crippen LogP contribution in [0.2, 0.25) is 0 Å². The van der Waals surface area contributed by atoms with Crippen LogP contribution < -0.4 is 0 Å². The fourth-order valence-electron chi connectivity index (χ4n) is 5.46. The summed E-state index contributed by atoms with van der Waals surface area (Å²) in [7, 11) is 0. The first-order valence-corrected chi connectivity index (χ1v) is 19.8. The second-order valence-corrected chi connectivity index (χ2v) is 13.5. The van der Waals surface area contributed by atoms with E-state index in [1.54, 1.807) is 0 Å². The Morgan fingerprint density at radius 2 is 0.800 bits per heavy atom. The van der Waals surface area contributed by atoms with Gasteiger partial charge in [-0.1, -0.05) is 80.1 Å². The molecule has 6 N–H and O–H groups in total. The van der Waals surface area contributed by atoms with Crippen molar-refractivity contribution in [2.75, 3.05) is 13.2 Å². The highest BCUT2D eigenvalue weighted by atomic mass is 16.5. The Morgan fingerprint density at radius 3 is 1.02 bits per heavy atom. The first-order valence-electron chi connectivity index (χ1n) is 19.8. The van der Waals surface area contributed by atoms with E-state index in [-0.39, 0.29) is 11.9 Å². The molecule has 0 bridgehead atoms. The van der Waals surface area contributed by atoms with Crippen LogP contribution in [0.4, 0.5) is 0 Å². The number of carbonyl (C=O) groups excluding carboxylic acids is 2. The molecular formula is C41H68O14. The van der Waals surface area contributed by atoms with Crippen LogP contribution in [0.1, 0.15) is 181 Å². The third kappa shape index (κ3) is 21.0. The number of rotatable bonds is 26. The van der Waals surface area contributed by atoms with Gasteiger partial charge in [0.25, 0.3) is 0 Å². The molecule has 1 aromatic rings. The molecule has 0 aliphatic heterocycles. The van der Waals surface area contributed by atoms with Crippen molar-refractivity contribution >= 4 is 35.8 Å². The Bertz CT molecular complexity index is 1250. The van der Waals surface area contributed by atoms with Gasteiger partial charge in [0.05, 0.1) is 37.2 Å². The lowest BCUT2D eigenvalue weighted by molar-refractivity contribution is -0.170. The maximum absolute atomic E-state index is 13.7. The topological polar surface area (TPSA) is 242 Å². The van der Waals surface area contributed by atoms with Crippen molar-refractivity contribution in [3.8, 4) is 0 Å². The van der Waals surface area contributed by atoms with Crippen LogP contribution in [-0.2, 0) is 54.3 Å². The summed E-state index contributed by atoms with van der Waals surface area (Å²) in [5.41, 5.74) is 3.03. The van der Waals surface area contributed by atoms with Gasteiger partial charge >= 0.3 is 35.8 Å². The summed E-state index contributed by atoms with van der Waals surface area (Å²) in [6.45, 7) is 14.9. The van der Waals surface area contributed by atoms with Crippen molar-refractivity contribution in [2.24, 2.45) is 0 Å². The molecule has 1 aromatic carbocycles. The van der Waals surface area contributed by atoms with E-state index in [0.29, 0.717) is 24.3 Å². The molecule has 0 aromatic heterocycles. The molecule has 316 valence electrons. The quantitative estimate of drug-likeness (QED) is 0.0403. The molecule has 55 heavy (non-hydrogen) atoms. The summed E-state index contributed by atoms with van der Waals surface area (Å²) in [5, 5.41) is 49.6. The molecule has 0 radical (unpaired) electrons. The summed E-state index contributed by atoms with van der Waals surface area (Å²) in [6, 6.07) is 0. The average Bonchev–Trinajstić information content (AvgIpc) is 3.11. The van der Waals surface area contributed by atoms with Crippen LogP contribution >= 0.6 is 0 Å². The molecule has 0 fully saturated rings. The highest BCUT2D eigenvalue weighted by molar-refractivity contribution is 6.06. The number of esters is 2. The van der Waals surface area contributed by atoms with E-state index in [1.165, 1.54) is 18.1 Å². The molecule has 0 aliphatic carbocycles. The number of aliphatic carboxylic acids is 4. The van der Waals surface area contributed by atoms with Crippen molar-refractivity contribution in [3.63, 3.8) is 0 Å². The molecule has 1 unspecified atom stereocenters. The maximum Gasteiger partial charge on any atom is 0.339 e. The number of carboxylic acids is 4. The van der Waals surface area contributed by atoms with Gasteiger partial charge in [0.1, 0.15) is 6.10 Å². The normalized spacial score (nSPS) is 11.3. The van der Waals surface area contributed by atoms with Crippen molar-refractivity contribution in [1.82, 2.24) is 0 Å². The zero-order valence-electron chi connectivity index (χ0n) is 34.2.